The van der Waals surface area contributed by atoms with Crippen molar-refractivity contribution in [3.63, 3.8) is 0 Å². The molecule has 0 aliphatic rings. The number of nitrogens with one attached hydrogen (secondary N) is 3. The molecule has 0 aliphatic carbocycles. The zero-order chi connectivity index (χ0) is 19.2. The van der Waals surface area contributed by atoms with Crippen molar-refractivity contribution in [2.24, 2.45) is 0 Å². The van der Waals surface area contributed by atoms with Crippen LogP contribution < -0.4 is 15.4 Å². The summed E-state index contributed by atoms with van der Waals surface area (Å²) in [7, 11) is -3.35. The van der Waals surface area contributed by atoms with Crippen molar-refractivity contribution < 1.29 is 18.0 Å². The van der Waals surface area contributed by atoms with Crippen molar-refractivity contribution in [3.05, 3.63) is 60.2 Å². The Hall–Kier alpha value is -2.87. The second-order valence-corrected chi connectivity index (χ2v) is 7.62. The predicted molar refractivity (Wildman–Crippen MR) is 101 cm³/mol. The van der Waals surface area contributed by atoms with Gasteiger partial charge in [-0.15, -0.1) is 0 Å². The molecule has 0 spiro atoms. The van der Waals surface area contributed by atoms with Crippen LogP contribution in [0.1, 0.15) is 24.9 Å². The van der Waals surface area contributed by atoms with Crippen LogP contribution in [-0.2, 0) is 19.6 Å². The number of sulfonamides is 1. The normalized spacial score (nSPS) is 12.1. The van der Waals surface area contributed by atoms with Gasteiger partial charge in [-0.25, -0.2) is 8.42 Å². The molecule has 2 aromatic carbocycles. The first kappa shape index (κ1) is 19.5. The van der Waals surface area contributed by atoms with E-state index in [4.69, 9.17) is 0 Å². The van der Waals surface area contributed by atoms with Crippen molar-refractivity contribution in [2.75, 3.05) is 16.3 Å². The fourth-order valence-electron chi connectivity index (χ4n) is 2.42. The van der Waals surface area contributed by atoms with Crippen molar-refractivity contribution in [2.45, 2.75) is 19.4 Å². The SMILES string of the molecule is CC(=O)NC(CC(=O)Nc1ccc(NS(C)(=O)=O)cc1)c1ccccc1. The first-order chi connectivity index (χ1) is 12.2. The molecule has 0 saturated heterocycles. The molecule has 0 heterocycles. The molecule has 26 heavy (non-hydrogen) atoms. The lowest BCUT2D eigenvalue weighted by atomic mass is 10.0. The van der Waals surface area contributed by atoms with Gasteiger partial charge in [0.15, 0.2) is 0 Å². The molecule has 1 unspecified atom stereocenters. The topological polar surface area (TPSA) is 104 Å². The molecule has 8 heteroatoms. The summed E-state index contributed by atoms with van der Waals surface area (Å²) in [6, 6.07) is 15.1. The lowest BCUT2D eigenvalue weighted by Gasteiger charge is -2.18. The fraction of sp³-hybridized carbons (Fsp3) is 0.222. The zero-order valence-corrected chi connectivity index (χ0v) is 15.3. The monoisotopic (exact) mass is 375 g/mol. The van der Waals surface area contributed by atoms with Gasteiger partial charge in [0.1, 0.15) is 0 Å². The Kier molecular flexibility index (Phi) is 6.35. The quantitative estimate of drug-likeness (QED) is 0.690. The van der Waals surface area contributed by atoms with E-state index in [1.807, 2.05) is 30.3 Å². The van der Waals surface area contributed by atoms with Crippen LogP contribution in [0.4, 0.5) is 11.4 Å². The Labute approximate surface area is 152 Å². The number of carbonyl (C=O) groups excluding carboxylic acids is 2. The summed E-state index contributed by atoms with van der Waals surface area (Å²) >= 11 is 0. The van der Waals surface area contributed by atoms with Crippen LogP contribution in [0.3, 0.4) is 0 Å². The smallest absolute Gasteiger partial charge is 0.229 e. The van der Waals surface area contributed by atoms with Crippen molar-refractivity contribution >= 4 is 33.2 Å². The van der Waals surface area contributed by atoms with Crippen LogP contribution in [0.25, 0.3) is 0 Å². The molecule has 0 aliphatic heterocycles. The Bertz CT molecular complexity index is 865. The first-order valence-electron chi connectivity index (χ1n) is 7.93. The Morgan fingerprint density at radius 3 is 2.08 bits per heavy atom. The number of anilines is 2. The predicted octanol–water partition coefficient (Wildman–Crippen LogP) is 2.26. The summed E-state index contributed by atoms with van der Waals surface area (Å²) in [5.74, 6) is -0.487. The van der Waals surface area contributed by atoms with Crippen LogP contribution in [0.5, 0.6) is 0 Å². The number of hydrogen-bond acceptors (Lipinski definition) is 4. The summed E-state index contributed by atoms with van der Waals surface area (Å²) in [6.07, 6.45) is 1.14. The van der Waals surface area contributed by atoms with Crippen LogP contribution >= 0.6 is 0 Å². The summed E-state index contributed by atoms with van der Waals surface area (Å²) in [4.78, 5) is 23.7. The van der Waals surface area contributed by atoms with Gasteiger partial charge < -0.3 is 10.6 Å². The van der Waals surface area contributed by atoms with E-state index in [1.54, 1.807) is 24.3 Å². The van der Waals surface area contributed by atoms with Gasteiger partial charge in [0.2, 0.25) is 21.8 Å². The van der Waals surface area contributed by atoms with E-state index in [1.165, 1.54) is 6.92 Å². The maximum absolute atomic E-state index is 12.3. The maximum Gasteiger partial charge on any atom is 0.229 e. The fourth-order valence-corrected chi connectivity index (χ4v) is 2.98. The molecule has 2 amide bonds. The highest BCUT2D eigenvalue weighted by Gasteiger charge is 2.17. The lowest BCUT2D eigenvalue weighted by molar-refractivity contribution is -0.120. The van der Waals surface area contributed by atoms with Gasteiger partial charge in [0, 0.05) is 18.3 Å². The minimum Gasteiger partial charge on any atom is -0.349 e. The van der Waals surface area contributed by atoms with E-state index in [0.717, 1.165) is 11.8 Å². The molecular weight excluding hydrogens is 354 g/mol. The van der Waals surface area contributed by atoms with Crippen LogP contribution in [0, 0.1) is 0 Å². The first-order valence-corrected chi connectivity index (χ1v) is 9.82. The number of hydrogen-bond donors (Lipinski definition) is 3. The van der Waals surface area contributed by atoms with Gasteiger partial charge in [-0.05, 0) is 29.8 Å². The summed E-state index contributed by atoms with van der Waals surface area (Å²) < 4.78 is 24.7. The van der Waals surface area contributed by atoms with E-state index < -0.39 is 16.1 Å². The highest BCUT2D eigenvalue weighted by Crippen LogP contribution is 2.19. The summed E-state index contributed by atoms with van der Waals surface area (Å²) in [5.41, 5.74) is 1.78. The number of benzene rings is 2. The molecule has 2 aromatic rings. The van der Waals surface area contributed by atoms with Crippen molar-refractivity contribution in [1.82, 2.24) is 5.32 Å². The minimum atomic E-state index is -3.35. The van der Waals surface area contributed by atoms with E-state index in [9.17, 15) is 18.0 Å². The average molecular weight is 375 g/mol. The molecule has 138 valence electrons. The van der Waals surface area contributed by atoms with Gasteiger partial charge in [0.05, 0.1) is 18.7 Å². The van der Waals surface area contributed by atoms with Gasteiger partial charge in [0.25, 0.3) is 0 Å². The largest absolute Gasteiger partial charge is 0.349 e. The van der Waals surface area contributed by atoms with Crippen molar-refractivity contribution in [1.29, 1.82) is 0 Å². The Balaban J connectivity index is 2.02. The van der Waals surface area contributed by atoms with Crippen LogP contribution in [-0.4, -0.2) is 26.5 Å². The van der Waals surface area contributed by atoms with Crippen LogP contribution in [0.15, 0.2) is 54.6 Å². The average Bonchev–Trinajstić information content (AvgIpc) is 2.55. The summed E-state index contributed by atoms with van der Waals surface area (Å²) in [6.45, 7) is 1.40. The molecule has 0 bridgehead atoms. The zero-order valence-electron chi connectivity index (χ0n) is 14.5. The van der Waals surface area contributed by atoms with E-state index in [0.29, 0.717) is 11.4 Å². The van der Waals surface area contributed by atoms with Gasteiger partial charge in [-0.2, -0.15) is 0 Å². The molecule has 0 fully saturated rings. The molecule has 0 saturated carbocycles. The minimum absolute atomic E-state index is 0.0763. The van der Waals surface area contributed by atoms with Crippen LogP contribution in [0.2, 0.25) is 0 Å². The van der Waals surface area contributed by atoms with Gasteiger partial charge >= 0.3 is 0 Å². The number of carbonyl (C=O) groups is 2. The molecule has 0 radical (unpaired) electrons. The Morgan fingerprint density at radius 1 is 0.962 bits per heavy atom. The van der Waals surface area contributed by atoms with E-state index >= 15 is 0 Å². The molecule has 1 atom stereocenters. The highest BCUT2D eigenvalue weighted by atomic mass is 32.2. The molecular formula is C18H21N3O4S. The third kappa shape index (κ3) is 6.56. The molecule has 2 rings (SSSR count). The third-order valence-electron chi connectivity index (χ3n) is 3.44. The third-order valence-corrected chi connectivity index (χ3v) is 4.05. The van der Waals surface area contributed by atoms with E-state index in [2.05, 4.69) is 15.4 Å². The highest BCUT2D eigenvalue weighted by molar-refractivity contribution is 7.92. The second-order valence-electron chi connectivity index (χ2n) is 5.87. The number of amides is 2. The lowest BCUT2D eigenvalue weighted by Crippen LogP contribution is -2.29. The molecule has 7 nitrogen and oxygen atoms in total. The Morgan fingerprint density at radius 2 is 1.54 bits per heavy atom. The van der Waals surface area contributed by atoms with Crippen molar-refractivity contribution in [3.8, 4) is 0 Å². The van der Waals surface area contributed by atoms with Gasteiger partial charge in [-0.1, -0.05) is 30.3 Å². The number of rotatable bonds is 7. The molecule has 3 N–H and O–H groups in total. The van der Waals surface area contributed by atoms with Gasteiger partial charge in [-0.3, -0.25) is 14.3 Å². The second kappa shape index (κ2) is 8.48. The maximum atomic E-state index is 12.3. The standard InChI is InChI=1S/C18H21N3O4S/c1-13(22)19-17(14-6-4-3-5-7-14)12-18(23)20-15-8-10-16(11-9-15)21-26(2,24)25/h3-11,17,21H,12H2,1-2H3,(H,19,22)(H,20,23). The summed E-state index contributed by atoms with van der Waals surface area (Å²) in [5, 5.41) is 5.51. The molecule has 0 aromatic heterocycles. The van der Waals surface area contributed by atoms with E-state index in [-0.39, 0.29) is 18.2 Å².